The minimum absolute atomic E-state index is 0.123. The lowest BCUT2D eigenvalue weighted by molar-refractivity contribution is -0.0801. The fraction of sp³-hybridized carbons (Fsp3) is 0.529. The van der Waals surface area contributed by atoms with E-state index in [2.05, 4.69) is 4.99 Å². The molecule has 2 atom stereocenters. The van der Waals surface area contributed by atoms with Crippen molar-refractivity contribution in [3.8, 4) is 11.9 Å². The molecule has 10 heteroatoms. The van der Waals surface area contributed by atoms with Gasteiger partial charge in [0.15, 0.2) is 5.17 Å². The number of hydrogen-bond acceptors (Lipinski definition) is 7. The summed E-state index contributed by atoms with van der Waals surface area (Å²) >= 11 is 1.44. The molecular formula is C17H22N4O4S2. The van der Waals surface area contributed by atoms with Crippen molar-refractivity contribution in [1.82, 2.24) is 9.21 Å². The zero-order valence-corrected chi connectivity index (χ0v) is 17.2. The normalized spacial score (nSPS) is 26.0. The van der Waals surface area contributed by atoms with Crippen LogP contribution in [0.25, 0.3) is 0 Å². The summed E-state index contributed by atoms with van der Waals surface area (Å²) < 4.78 is 32.2. The van der Waals surface area contributed by atoms with Gasteiger partial charge in [0, 0.05) is 32.0 Å². The van der Waals surface area contributed by atoms with Gasteiger partial charge in [-0.2, -0.15) is 5.26 Å². The molecule has 0 aliphatic carbocycles. The summed E-state index contributed by atoms with van der Waals surface area (Å²) in [6.45, 7) is 4.15. The molecule has 0 aromatic heterocycles. The van der Waals surface area contributed by atoms with Crippen LogP contribution in [0.3, 0.4) is 0 Å². The zero-order chi connectivity index (χ0) is 20.0. The van der Waals surface area contributed by atoms with E-state index in [1.165, 1.54) is 31.9 Å². The second kappa shape index (κ2) is 6.98. The number of fused-ring (bicyclic) bond motifs is 1. The van der Waals surface area contributed by atoms with E-state index in [0.717, 1.165) is 10.1 Å². The average Bonchev–Trinajstić information content (AvgIpc) is 3.03. The van der Waals surface area contributed by atoms with Crippen molar-refractivity contribution in [2.24, 2.45) is 4.99 Å². The number of amidine groups is 1. The maximum absolute atomic E-state index is 12.6. The molecule has 1 saturated heterocycles. The van der Waals surface area contributed by atoms with Crippen LogP contribution in [-0.4, -0.2) is 66.0 Å². The van der Waals surface area contributed by atoms with Crippen molar-refractivity contribution < 1.29 is 18.3 Å². The Hall–Kier alpha value is -1.80. The number of hydrogen-bond donors (Lipinski definition) is 1. The third kappa shape index (κ3) is 3.40. The first-order valence-corrected chi connectivity index (χ1v) is 10.8. The van der Waals surface area contributed by atoms with Crippen LogP contribution in [-0.2, 0) is 10.0 Å². The second-order valence-corrected chi connectivity index (χ2v) is 10.3. The van der Waals surface area contributed by atoms with Crippen LogP contribution in [0.2, 0.25) is 0 Å². The summed E-state index contributed by atoms with van der Waals surface area (Å²) in [5.74, 6) is 1.25. The predicted molar refractivity (Wildman–Crippen MR) is 103 cm³/mol. The summed E-state index contributed by atoms with van der Waals surface area (Å²) in [6.07, 6.45) is 0.859. The van der Waals surface area contributed by atoms with Crippen LogP contribution in [0, 0.1) is 11.5 Å². The van der Waals surface area contributed by atoms with Gasteiger partial charge in [0.25, 0.3) is 0 Å². The van der Waals surface area contributed by atoms with Gasteiger partial charge in [0.1, 0.15) is 17.5 Å². The smallest absolute Gasteiger partial charge is 0.242 e. The van der Waals surface area contributed by atoms with Crippen molar-refractivity contribution in [3.63, 3.8) is 0 Å². The Kier molecular flexibility index (Phi) is 5.16. The third-order valence-corrected chi connectivity index (χ3v) is 7.54. The van der Waals surface area contributed by atoms with Gasteiger partial charge in [-0.15, -0.1) is 4.99 Å². The minimum Gasteiger partial charge on any atom is -0.485 e. The molecule has 2 heterocycles. The lowest BCUT2D eigenvalue weighted by atomic mass is 9.85. The zero-order valence-electron chi connectivity index (χ0n) is 15.6. The van der Waals surface area contributed by atoms with Gasteiger partial charge in [0.2, 0.25) is 16.2 Å². The van der Waals surface area contributed by atoms with Crippen molar-refractivity contribution in [3.05, 3.63) is 23.8 Å². The molecule has 1 aromatic rings. The van der Waals surface area contributed by atoms with Crippen LogP contribution in [0.4, 0.5) is 0 Å². The van der Waals surface area contributed by atoms with Gasteiger partial charge < -0.3 is 14.7 Å². The lowest BCUT2D eigenvalue weighted by Crippen LogP contribution is -2.53. The summed E-state index contributed by atoms with van der Waals surface area (Å²) in [4.78, 5) is 5.84. The van der Waals surface area contributed by atoms with E-state index in [9.17, 15) is 13.5 Å². The molecule has 1 N–H and O–H groups in total. The van der Waals surface area contributed by atoms with Gasteiger partial charge in [-0.1, -0.05) is 11.8 Å². The van der Waals surface area contributed by atoms with E-state index in [-0.39, 0.29) is 4.90 Å². The number of nitriles is 1. The second-order valence-electron chi connectivity index (χ2n) is 7.12. The third-order valence-electron chi connectivity index (χ3n) is 4.75. The Morgan fingerprint density at radius 3 is 2.78 bits per heavy atom. The molecule has 0 unspecified atom stereocenters. The summed E-state index contributed by atoms with van der Waals surface area (Å²) in [5, 5.41) is 20.5. The first kappa shape index (κ1) is 19.9. The Morgan fingerprint density at radius 2 is 2.15 bits per heavy atom. The SMILES string of the molecule is CN(C)S(=O)(=O)c1ccc2c(c1)[C@H](N1CCSC1=NC#N)[C@@H](O)C(C)(C)O2. The maximum Gasteiger partial charge on any atom is 0.242 e. The fourth-order valence-electron chi connectivity index (χ4n) is 3.27. The Morgan fingerprint density at radius 1 is 1.44 bits per heavy atom. The van der Waals surface area contributed by atoms with Gasteiger partial charge in [-0.3, -0.25) is 0 Å². The first-order valence-electron chi connectivity index (χ1n) is 8.39. The Labute approximate surface area is 163 Å². The highest BCUT2D eigenvalue weighted by molar-refractivity contribution is 8.14. The topological polar surface area (TPSA) is 106 Å². The van der Waals surface area contributed by atoms with Gasteiger partial charge in [-0.05, 0) is 32.0 Å². The van der Waals surface area contributed by atoms with Crippen LogP contribution in [0.5, 0.6) is 5.75 Å². The molecular weight excluding hydrogens is 388 g/mol. The Bertz CT molecular complexity index is 921. The van der Waals surface area contributed by atoms with E-state index in [0.29, 0.717) is 23.0 Å². The van der Waals surface area contributed by atoms with E-state index in [1.807, 2.05) is 4.90 Å². The largest absolute Gasteiger partial charge is 0.485 e. The number of nitrogens with zero attached hydrogens (tertiary/aromatic N) is 4. The highest BCUT2D eigenvalue weighted by atomic mass is 32.2. The summed E-state index contributed by atoms with van der Waals surface area (Å²) in [6, 6.07) is 4.10. The maximum atomic E-state index is 12.6. The molecule has 0 saturated carbocycles. The highest BCUT2D eigenvalue weighted by Crippen LogP contribution is 2.45. The quantitative estimate of drug-likeness (QED) is 0.751. The Balaban J connectivity index is 2.17. The van der Waals surface area contributed by atoms with Crippen LogP contribution in [0.1, 0.15) is 25.5 Å². The standard InChI is InChI=1S/C17H22N4O4S2/c1-17(2)15(22)14(21-7-8-26-16(21)19-10-18)12-9-11(5-6-13(12)25-17)27(23,24)20(3)4/h5-6,9,14-15,22H,7-8H2,1-4H3/t14-,15+/m0/s1. The van der Waals surface area contributed by atoms with E-state index >= 15 is 0 Å². The molecule has 27 heavy (non-hydrogen) atoms. The van der Waals surface area contributed by atoms with Crippen LogP contribution in [0.15, 0.2) is 28.1 Å². The molecule has 0 amide bonds. The predicted octanol–water partition coefficient (Wildman–Crippen LogP) is 1.40. The molecule has 3 rings (SSSR count). The molecule has 8 nitrogen and oxygen atoms in total. The fourth-order valence-corrected chi connectivity index (χ4v) is 5.15. The number of thioether (sulfide) groups is 1. The molecule has 1 fully saturated rings. The first-order chi connectivity index (χ1) is 12.6. The van der Waals surface area contributed by atoms with Crippen molar-refractivity contribution >= 4 is 27.0 Å². The minimum atomic E-state index is -3.64. The molecule has 0 spiro atoms. The molecule has 0 bridgehead atoms. The monoisotopic (exact) mass is 410 g/mol. The van der Waals surface area contributed by atoms with Crippen LogP contribution < -0.4 is 4.74 Å². The molecule has 0 radical (unpaired) electrons. The number of aliphatic imine (C=N–C) groups is 1. The lowest BCUT2D eigenvalue weighted by Gasteiger charge is -2.45. The number of ether oxygens (including phenoxy) is 1. The van der Waals surface area contributed by atoms with E-state index < -0.39 is 27.8 Å². The number of aliphatic hydroxyl groups excluding tert-OH is 1. The molecule has 1 aromatic carbocycles. The van der Waals surface area contributed by atoms with E-state index in [1.54, 1.807) is 32.2 Å². The summed E-state index contributed by atoms with van der Waals surface area (Å²) in [7, 11) is -0.702. The highest BCUT2D eigenvalue weighted by Gasteiger charge is 2.47. The molecule has 2 aliphatic rings. The van der Waals surface area contributed by atoms with Gasteiger partial charge in [0.05, 0.1) is 10.9 Å². The van der Waals surface area contributed by atoms with E-state index in [4.69, 9.17) is 10.00 Å². The number of rotatable bonds is 3. The average molecular weight is 411 g/mol. The van der Waals surface area contributed by atoms with Crippen molar-refractivity contribution in [2.45, 2.75) is 36.5 Å². The van der Waals surface area contributed by atoms with Crippen molar-refractivity contribution in [1.29, 1.82) is 5.26 Å². The number of benzene rings is 1. The molecule has 146 valence electrons. The van der Waals surface area contributed by atoms with Gasteiger partial charge in [-0.25, -0.2) is 12.7 Å². The number of sulfonamides is 1. The van der Waals surface area contributed by atoms with Crippen molar-refractivity contribution in [2.75, 3.05) is 26.4 Å². The molecule has 2 aliphatic heterocycles. The van der Waals surface area contributed by atoms with Gasteiger partial charge >= 0.3 is 0 Å². The summed E-state index contributed by atoms with van der Waals surface area (Å²) in [5.41, 5.74) is -0.317. The number of aliphatic hydroxyl groups is 1. The van der Waals surface area contributed by atoms with Crippen LogP contribution >= 0.6 is 11.8 Å².